The molecule has 2 aromatic rings. The van der Waals surface area contributed by atoms with Gasteiger partial charge in [0.25, 0.3) is 0 Å². The van der Waals surface area contributed by atoms with E-state index in [1.807, 2.05) is 38.2 Å². The van der Waals surface area contributed by atoms with Gasteiger partial charge in [-0.15, -0.1) is 0 Å². The van der Waals surface area contributed by atoms with Crippen LogP contribution >= 0.6 is 0 Å². The molecule has 0 saturated heterocycles. The predicted molar refractivity (Wildman–Crippen MR) is 122 cm³/mol. The van der Waals surface area contributed by atoms with Crippen LogP contribution in [0.4, 0.5) is 10.1 Å². The van der Waals surface area contributed by atoms with Crippen molar-refractivity contribution in [3.63, 3.8) is 0 Å². The van der Waals surface area contributed by atoms with Crippen LogP contribution in [0.2, 0.25) is 0 Å². The molecule has 0 spiro atoms. The molecular formula is C24H31FN2O3S. The summed E-state index contributed by atoms with van der Waals surface area (Å²) in [6, 6.07) is 10.8. The number of esters is 1. The summed E-state index contributed by atoms with van der Waals surface area (Å²) in [6.07, 6.45) is 4.16. The van der Waals surface area contributed by atoms with Gasteiger partial charge in [-0.3, -0.25) is 9.10 Å². The number of aryl methyl sites for hydroxylation is 1. The summed E-state index contributed by atoms with van der Waals surface area (Å²) in [5.74, 6) is -0.426. The second-order valence-electron chi connectivity index (χ2n) is 7.80. The van der Waals surface area contributed by atoms with Crippen LogP contribution < -0.4 is 9.62 Å². The van der Waals surface area contributed by atoms with Crippen molar-refractivity contribution >= 4 is 22.6 Å². The van der Waals surface area contributed by atoms with E-state index in [0.717, 1.165) is 49.0 Å². The minimum atomic E-state index is -1.41. The van der Waals surface area contributed by atoms with Crippen molar-refractivity contribution in [2.75, 3.05) is 24.5 Å². The fraction of sp³-hybridized carbons (Fsp3) is 0.458. The van der Waals surface area contributed by atoms with Gasteiger partial charge in [-0.05, 0) is 68.1 Å². The Labute approximate surface area is 186 Å². The number of hydrogen-bond donors (Lipinski definition) is 1. The molecule has 1 aliphatic rings. The number of halogens is 1. The van der Waals surface area contributed by atoms with Crippen molar-refractivity contribution in [3.05, 3.63) is 58.9 Å². The van der Waals surface area contributed by atoms with E-state index < -0.39 is 11.0 Å². The molecule has 7 heteroatoms. The first-order valence-corrected chi connectivity index (χ1v) is 12.0. The van der Waals surface area contributed by atoms with Crippen LogP contribution in [0.15, 0.2) is 41.3 Å². The van der Waals surface area contributed by atoms with Gasteiger partial charge in [-0.1, -0.05) is 31.0 Å². The fourth-order valence-corrected chi connectivity index (χ4v) is 5.21. The lowest BCUT2D eigenvalue weighted by atomic mass is 9.95. The zero-order chi connectivity index (χ0) is 22.4. The monoisotopic (exact) mass is 446 g/mol. The molecule has 2 unspecified atom stereocenters. The minimum Gasteiger partial charge on any atom is -0.466 e. The first-order chi connectivity index (χ1) is 14.9. The molecular weight excluding hydrogens is 415 g/mol. The van der Waals surface area contributed by atoms with Crippen LogP contribution in [0.5, 0.6) is 0 Å². The van der Waals surface area contributed by atoms with Crippen molar-refractivity contribution in [2.45, 2.75) is 56.9 Å². The van der Waals surface area contributed by atoms with Crippen molar-refractivity contribution in [3.8, 4) is 0 Å². The van der Waals surface area contributed by atoms with Crippen LogP contribution in [-0.2, 0) is 20.5 Å². The lowest BCUT2D eigenvalue weighted by molar-refractivity contribution is -0.143. The fourth-order valence-electron chi connectivity index (χ4n) is 3.92. The first kappa shape index (κ1) is 23.4. The second-order valence-corrected chi connectivity index (χ2v) is 9.29. The smallest absolute Gasteiger partial charge is 0.305 e. The average molecular weight is 447 g/mol. The number of fused-ring (bicyclic) bond motifs is 2. The molecule has 0 saturated carbocycles. The average Bonchev–Trinajstić information content (AvgIpc) is 2.83. The largest absolute Gasteiger partial charge is 0.466 e. The number of nitrogens with zero attached hydrogens (tertiary/aromatic N) is 1. The Morgan fingerprint density at radius 3 is 2.68 bits per heavy atom. The van der Waals surface area contributed by atoms with Gasteiger partial charge in [-0.25, -0.2) is 8.60 Å². The van der Waals surface area contributed by atoms with Crippen molar-refractivity contribution < 1.29 is 18.1 Å². The molecule has 3 rings (SSSR count). The van der Waals surface area contributed by atoms with Crippen molar-refractivity contribution in [1.82, 2.24) is 5.32 Å². The van der Waals surface area contributed by atoms with E-state index in [0.29, 0.717) is 23.5 Å². The summed E-state index contributed by atoms with van der Waals surface area (Å²) in [6.45, 7) is 4.67. The molecule has 0 amide bonds. The molecule has 168 valence electrons. The third-order valence-electron chi connectivity index (χ3n) is 5.59. The number of anilines is 1. The predicted octanol–water partition coefficient (Wildman–Crippen LogP) is 4.80. The summed E-state index contributed by atoms with van der Waals surface area (Å²) >= 11 is 0. The van der Waals surface area contributed by atoms with E-state index >= 15 is 0 Å². The van der Waals surface area contributed by atoms with E-state index in [-0.39, 0.29) is 17.8 Å². The number of benzene rings is 2. The lowest BCUT2D eigenvalue weighted by Gasteiger charge is -2.22. The van der Waals surface area contributed by atoms with Crippen LogP contribution in [0.25, 0.3) is 0 Å². The number of ether oxygens (including phenoxy) is 1. The van der Waals surface area contributed by atoms with Gasteiger partial charge in [0, 0.05) is 13.5 Å². The van der Waals surface area contributed by atoms with Crippen LogP contribution in [0.1, 0.15) is 61.8 Å². The quantitative estimate of drug-likeness (QED) is 0.444. The molecule has 0 aromatic heterocycles. The molecule has 0 fully saturated rings. The van der Waals surface area contributed by atoms with E-state index in [1.165, 1.54) is 6.07 Å². The number of rotatable bonds is 9. The summed E-state index contributed by atoms with van der Waals surface area (Å²) in [4.78, 5) is 12.1. The maximum absolute atomic E-state index is 14.5. The molecule has 5 nitrogen and oxygen atoms in total. The first-order valence-electron chi connectivity index (χ1n) is 10.9. The molecule has 0 bridgehead atoms. The highest BCUT2D eigenvalue weighted by atomic mass is 32.2. The topological polar surface area (TPSA) is 58.6 Å². The Kier molecular flexibility index (Phi) is 8.21. The highest BCUT2D eigenvalue weighted by Gasteiger charge is 2.30. The van der Waals surface area contributed by atoms with E-state index in [9.17, 15) is 13.4 Å². The second kappa shape index (κ2) is 10.9. The summed E-state index contributed by atoms with van der Waals surface area (Å²) < 4.78 is 34.4. The Balaban J connectivity index is 1.72. The Bertz CT molecular complexity index is 950. The Morgan fingerprint density at radius 2 is 1.90 bits per heavy atom. The molecule has 0 aliphatic carbocycles. The Hall–Kier alpha value is -2.25. The lowest BCUT2D eigenvalue weighted by Crippen LogP contribution is -2.24. The number of carbonyl (C=O) groups excluding carboxylic acids is 1. The SMILES string of the molecule is CCOC(=O)CCCCCCNC1c2ccccc2N(C)S(=O)c2cc(C)c(F)cc21. The number of hydrogen-bond acceptors (Lipinski definition) is 4. The standard InChI is InChI=1S/C24H31FN2O3S/c1-4-30-23(28)13-7-5-6-10-14-26-24-18-11-8-9-12-21(18)27(3)31(29)22-15-17(2)20(25)16-19(22)24/h8-9,11-12,15-16,24,26H,4-7,10,13-14H2,1-3H3. The van der Waals surface area contributed by atoms with Gasteiger partial charge in [0.1, 0.15) is 5.82 Å². The molecule has 2 aromatic carbocycles. The van der Waals surface area contributed by atoms with E-state index in [4.69, 9.17) is 4.74 Å². The maximum atomic E-state index is 14.5. The van der Waals surface area contributed by atoms with Gasteiger partial charge >= 0.3 is 5.97 Å². The molecule has 0 radical (unpaired) electrons. The summed E-state index contributed by atoms with van der Waals surface area (Å²) in [7, 11) is 0.396. The van der Waals surface area contributed by atoms with Crippen LogP contribution in [-0.4, -0.2) is 30.4 Å². The molecule has 31 heavy (non-hydrogen) atoms. The normalized spacial score (nSPS) is 17.6. The van der Waals surface area contributed by atoms with Gasteiger partial charge in [0.2, 0.25) is 0 Å². The number of carbonyl (C=O) groups is 1. The zero-order valence-electron chi connectivity index (χ0n) is 18.4. The molecule has 1 aliphatic heterocycles. The maximum Gasteiger partial charge on any atom is 0.305 e. The highest BCUT2D eigenvalue weighted by Crippen LogP contribution is 2.39. The summed E-state index contributed by atoms with van der Waals surface area (Å²) in [5, 5.41) is 3.56. The van der Waals surface area contributed by atoms with Gasteiger partial charge in [0.05, 0.1) is 23.2 Å². The van der Waals surface area contributed by atoms with Crippen molar-refractivity contribution in [2.24, 2.45) is 0 Å². The van der Waals surface area contributed by atoms with E-state index in [2.05, 4.69) is 5.32 Å². The summed E-state index contributed by atoms with van der Waals surface area (Å²) in [5.41, 5.74) is 3.08. The third-order valence-corrected chi connectivity index (χ3v) is 7.01. The number of nitrogens with one attached hydrogen (secondary N) is 1. The number of para-hydroxylation sites is 1. The molecule has 1 N–H and O–H groups in total. The molecule has 2 atom stereocenters. The Morgan fingerprint density at radius 1 is 1.16 bits per heavy atom. The zero-order valence-corrected chi connectivity index (χ0v) is 19.3. The van der Waals surface area contributed by atoms with Crippen molar-refractivity contribution in [1.29, 1.82) is 0 Å². The number of unbranched alkanes of at least 4 members (excludes halogenated alkanes) is 3. The van der Waals surface area contributed by atoms with Crippen LogP contribution in [0, 0.1) is 12.7 Å². The van der Waals surface area contributed by atoms with Gasteiger partial charge in [-0.2, -0.15) is 0 Å². The highest BCUT2D eigenvalue weighted by molar-refractivity contribution is 7.86. The van der Waals surface area contributed by atoms with E-state index in [1.54, 1.807) is 17.3 Å². The molecule has 1 heterocycles. The minimum absolute atomic E-state index is 0.137. The van der Waals surface area contributed by atoms with Crippen LogP contribution in [0.3, 0.4) is 0 Å². The third kappa shape index (κ3) is 5.52. The van der Waals surface area contributed by atoms with Gasteiger partial charge in [0.15, 0.2) is 11.0 Å². The van der Waals surface area contributed by atoms with Gasteiger partial charge < -0.3 is 10.1 Å².